The molecule has 0 spiro atoms. The zero-order chi connectivity index (χ0) is 41.0. The minimum Gasteiger partial charge on any atom is -0.354 e. The van der Waals surface area contributed by atoms with Crippen molar-refractivity contribution in [2.45, 2.75) is 0 Å². The van der Waals surface area contributed by atoms with Gasteiger partial charge in [0.25, 0.3) is 0 Å². The molecule has 288 valence electrons. The third-order valence-electron chi connectivity index (χ3n) is 11.1. The molecule has 9 aromatic rings. The quantitative estimate of drug-likeness (QED) is 0.143. The van der Waals surface area contributed by atoms with Crippen molar-refractivity contribution in [1.29, 1.82) is 5.41 Å². The van der Waals surface area contributed by atoms with Gasteiger partial charge < -0.3 is 5.32 Å². The van der Waals surface area contributed by atoms with Crippen molar-refractivity contribution < 1.29 is 0 Å². The summed E-state index contributed by atoms with van der Waals surface area (Å²) in [5.74, 6) is 0.676. The van der Waals surface area contributed by atoms with Gasteiger partial charge in [0.15, 0.2) is 5.82 Å². The van der Waals surface area contributed by atoms with Crippen molar-refractivity contribution in [2.24, 2.45) is 0 Å². The second-order valence-electron chi connectivity index (χ2n) is 15.1. The number of nitrogens with zero attached hydrogens (tertiary/aromatic N) is 2. The van der Waals surface area contributed by atoms with E-state index in [9.17, 15) is 5.41 Å². The fourth-order valence-corrected chi connectivity index (χ4v) is 7.99. The number of hydrogen-bond donors (Lipinski definition) is 2. The summed E-state index contributed by atoms with van der Waals surface area (Å²) in [7, 11) is 0. The lowest BCUT2D eigenvalue weighted by atomic mass is 9.86. The molecule has 2 N–H and O–H groups in total. The Morgan fingerprint density at radius 2 is 0.852 bits per heavy atom. The van der Waals surface area contributed by atoms with E-state index in [1.165, 1.54) is 5.56 Å². The summed E-state index contributed by atoms with van der Waals surface area (Å²) in [6.07, 6.45) is 2.21. The number of aromatic nitrogens is 2. The van der Waals surface area contributed by atoms with E-state index >= 15 is 0 Å². The van der Waals surface area contributed by atoms with Crippen molar-refractivity contribution in [2.75, 3.05) is 0 Å². The highest BCUT2D eigenvalue weighted by Gasteiger charge is 2.24. The topological polar surface area (TPSA) is 61.7 Å². The summed E-state index contributed by atoms with van der Waals surface area (Å²) < 4.78 is 0. The van der Waals surface area contributed by atoms with Gasteiger partial charge in [-0.25, -0.2) is 9.97 Å². The molecule has 0 aliphatic carbocycles. The van der Waals surface area contributed by atoms with Gasteiger partial charge in [-0.05, 0) is 63.2 Å². The van der Waals surface area contributed by atoms with Gasteiger partial charge in [0.2, 0.25) is 0 Å². The molecule has 2 heterocycles. The van der Waals surface area contributed by atoms with Gasteiger partial charge in [0.1, 0.15) is 0 Å². The molecule has 61 heavy (non-hydrogen) atoms. The van der Waals surface area contributed by atoms with E-state index in [4.69, 9.17) is 9.97 Å². The molecule has 0 saturated carbocycles. The van der Waals surface area contributed by atoms with Gasteiger partial charge >= 0.3 is 0 Å². The standard InChI is InChI=1S/C57H40N4/c58-55(44-23-12-4-13-24-44)54(43-21-10-3-11-22-43)56-50-36-47(33-34-48(50)37-51(59-56)41-19-8-2-9-20-41)46-27-16-28-49(35-46)53-38-52(60-57(61-53)45-25-14-5-15-26-45)42-31-29-40(30-32-42)39-17-6-1-7-18-39/h1-38,58-59H/b56-54-,58-55?. The molecule has 0 atom stereocenters. The summed E-state index contributed by atoms with van der Waals surface area (Å²) in [4.78, 5) is 10.3. The second-order valence-corrected chi connectivity index (χ2v) is 15.1. The van der Waals surface area contributed by atoms with Gasteiger partial charge in [-0.1, -0.05) is 206 Å². The molecular weight excluding hydrogens is 741 g/mol. The molecule has 0 bridgehead atoms. The zero-order valence-electron chi connectivity index (χ0n) is 33.3. The van der Waals surface area contributed by atoms with Crippen LogP contribution in [-0.4, -0.2) is 15.7 Å². The summed E-state index contributed by atoms with van der Waals surface area (Å²) in [6.45, 7) is 0. The van der Waals surface area contributed by atoms with Gasteiger partial charge in [0.05, 0.1) is 22.8 Å². The summed E-state index contributed by atoms with van der Waals surface area (Å²) in [5.41, 5.74) is 17.3. The van der Waals surface area contributed by atoms with Crippen molar-refractivity contribution >= 4 is 28.8 Å². The van der Waals surface area contributed by atoms with Crippen LogP contribution in [-0.2, 0) is 0 Å². The number of hydrogen-bond acceptors (Lipinski definition) is 4. The molecule has 0 fully saturated rings. The highest BCUT2D eigenvalue weighted by Crippen LogP contribution is 2.39. The third kappa shape index (κ3) is 7.74. The maximum atomic E-state index is 9.69. The Morgan fingerprint density at radius 3 is 1.51 bits per heavy atom. The van der Waals surface area contributed by atoms with Gasteiger partial charge in [-0.2, -0.15) is 0 Å². The lowest BCUT2D eigenvalue weighted by molar-refractivity contribution is 1.18. The minimum atomic E-state index is 0.449. The number of benzene rings is 8. The Hall–Kier alpha value is -8.21. The molecule has 1 aliphatic heterocycles. The van der Waals surface area contributed by atoms with E-state index < -0.39 is 0 Å². The molecule has 10 rings (SSSR count). The summed E-state index contributed by atoms with van der Waals surface area (Å²) in [5, 5.41) is 13.5. The number of nitrogens with one attached hydrogen (secondary N) is 2. The SMILES string of the molecule is N=C(/C(=C1\NC(c2ccccc2)=Cc2ccc(-c3cccc(-c4cc(-c5ccc(-c6ccccc6)cc5)nc(-c5ccccc5)n4)c3)cc21)c1ccccc1)c1ccccc1. The Morgan fingerprint density at radius 1 is 0.377 bits per heavy atom. The van der Waals surface area contributed by atoms with Crippen LogP contribution in [0.2, 0.25) is 0 Å². The van der Waals surface area contributed by atoms with Gasteiger partial charge in [0, 0.05) is 39.1 Å². The minimum absolute atomic E-state index is 0.449. The monoisotopic (exact) mass is 780 g/mol. The Labute approximate surface area is 356 Å². The van der Waals surface area contributed by atoms with Crippen molar-refractivity contribution in [3.8, 4) is 56.2 Å². The average Bonchev–Trinajstić information content (AvgIpc) is 3.35. The highest BCUT2D eigenvalue weighted by atomic mass is 14.9. The normalized spacial score (nSPS) is 12.8. The van der Waals surface area contributed by atoms with Gasteiger partial charge in [-0.3, -0.25) is 5.41 Å². The number of rotatable bonds is 9. The van der Waals surface area contributed by atoms with Crippen molar-refractivity contribution in [3.63, 3.8) is 0 Å². The molecule has 1 aromatic heterocycles. The van der Waals surface area contributed by atoms with Crippen LogP contribution in [0.4, 0.5) is 0 Å². The van der Waals surface area contributed by atoms with E-state index in [1.807, 2.05) is 78.9 Å². The van der Waals surface area contributed by atoms with Crippen molar-refractivity contribution in [1.82, 2.24) is 15.3 Å². The lowest BCUT2D eigenvalue weighted by Crippen LogP contribution is -2.20. The predicted octanol–water partition coefficient (Wildman–Crippen LogP) is 13.8. The van der Waals surface area contributed by atoms with E-state index in [-0.39, 0.29) is 0 Å². The maximum absolute atomic E-state index is 9.69. The molecule has 4 heteroatoms. The lowest BCUT2D eigenvalue weighted by Gasteiger charge is -2.27. The zero-order valence-corrected chi connectivity index (χ0v) is 33.3. The second kappa shape index (κ2) is 16.6. The molecule has 0 unspecified atom stereocenters. The van der Waals surface area contributed by atoms with Crippen LogP contribution in [0.1, 0.15) is 27.8 Å². The fourth-order valence-electron chi connectivity index (χ4n) is 7.99. The van der Waals surface area contributed by atoms with E-state index in [2.05, 4.69) is 157 Å². The van der Waals surface area contributed by atoms with Crippen LogP contribution < -0.4 is 5.32 Å². The van der Waals surface area contributed by atoms with Crippen LogP contribution in [0.25, 0.3) is 79.2 Å². The first-order valence-electron chi connectivity index (χ1n) is 20.5. The smallest absolute Gasteiger partial charge is 0.160 e. The van der Waals surface area contributed by atoms with Crippen LogP contribution in [0, 0.1) is 5.41 Å². The first-order chi connectivity index (χ1) is 30.1. The third-order valence-corrected chi connectivity index (χ3v) is 11.1. The molecule has 0 radical (unpaired) electrons. The fraction of sp³-hybridized carbons (Fsp3) is 0. The largest absolute Gasteiger partial charge is 0.354 e. The van der Waals surface area contributed by atoms with Crippen LogP contribution in [0.5, 0.6) is 0 Å². The molecular formula is C57H40N4. The first-order valence-corrected chi connectivity index (χ1v) is 20.5. The summed E-state index contributed by atoms with van der Waals surface area (Å²) >= 11 is 0. The first kappa shape index (κ1) is 37.1. The average molecular weight is 781 g/mol. The molecule has 0 amide bonds. The van der Waals surface area contributed by atoms with Crippen LogP contribution >= 0.6 is 0 Å². The molecule has 4 nitrogen and oxygen atoms in total. The molecule has 8 aromatic carbocycles. The molecule has 0 saturated heterocycles. The van der Waals surface area contributed by atoms with Gasteiger partial charge in [-0.15, -0.1) is 0 Å². The highest BCUT2D eigenvalue weighted by molar-refractivity contribution is 6.36. The Balaban J connectivity index is 1.10. The van der Waals surface area contributed by atoms with Crippen molar-refractivity contribution in [3.05, 3.63) is 252 Å². The maximum Gasteiger partial charge on any atom is 0.160 e. The Bertz CT molecular complexity index is 3070. The van der Waals surface area contributed by atoms with E-state index in [0.717, 1.165) is 89.6 Å². The van der Waals surface area contributed by atoms with Crippen LogP contribution in [0.3, 0.4) is 0 Å². The van der Waals surface area contributed by atoms with Crippen LogP contribution in [0.15, 0.2) is 224 Å². The number of allylic oxidation sites excluding steroid dienone is 1. The number of fused-ring (bicyclic) bond motifs is 1. The van der Waals surface area contributed by atoms with E-state index in [1.54, 1.807) is 0 Å². The van der Waals surface area contributed by atoms with E-state index in [0.29, 0.717) is 11.5 Å². The predicted molar refractivity (Wildman–Crippen MR) is 253 cm³/mol. The Kier molecular flexibility index (Phi) is 10.1. The summed E-state index contributed by atoms with van der Waals surface area (Å²) in [6, 6.07) is 77.2. The molecule has 1 aliphatic rings.